The van der Waals surface area contributed by atoms with Crippen LogP contribution in [0.3, 0.4) is 0 Å². The van der Waals surface area contributed by atoms with Gasteiger partial charge in [0, 0.05) is 55.9 Å². The number of aromatic nitrogens is 2. The van der Waals surface area contributed by atoms with Gasteiger partial charge in [0.2, 0.25) is 0 Å². The summed E-state index contributed by atoms with van der Waals surface area (Å²) >= 11 is 0. The number of para-hydroxylation sites is 4. The predicted octanol–water partition coefficient (Wildman–Crippen LogP) is 22.6. The normalized spacial score (nSPS) is 17.6. The minimum absolute atomic E-state index is 0.00219. The Morgan fingerprint density at radius 1 is 0.344 bits per heavy atom. The third-order valence-corrected chi connectivity index (χ3v) is 19.6. The maximum Gasteiger partial charge on any atom is 0.132 e. The fraction of sp³-hybridized carbons (Fsp3) is 0.172. The molecule has 0 bridgehead atoms. The largest absolute Gasteiger partial charge is 0.457 e. The van der Waals surface area contributed by atoms with E-state index in [1.165, 1.54) is 11.1 Å². The zero-order chi connectivity index (χ0) is 72.5. The van der Waals surface area contributed by atoms with Crippen LogP contribution in [0.1, 0.15) is 164 Å². The van der Waals surface area contributed by atoms with Crippen LogP contribution in [0.5, 0.6) is 11.5 Å². The second kappa shape index (κ2) is 19.5. The van der Waals surface area contributed by atoms with E-state index in [-0.39, 0.29) is 55.7 Å². The molecule has 0 N–H and O–H groups in total. The standard InChI is InChI=1S/C87H72N2O/c1-84(2,3)56-37-42-63(66(47-56)54-26-14-11-15-27-54)81-69-50-59(88-75-32-20-16-28-61(75)62-29-17-21-33-76(62)88)40-43-64(69)82-65-41-36-55(53-24-12-10-13-25-53)46-73(65)87(71-30-18-22-34-79(71)90-80-35-23-19-31-72(80)87)74-52-60(51-70(81)83(74)82)89-77-44-38-57(85(4,5)6)48-67(77)68-49-58(86(7,8)9)39-45-78(68)89/h10-52,81-82H,1-9H3/i10D,12D,13D,16D,17D,20D,21D,24D,25D,28D,29D,32D,33D. The summed E-state index contributed by atoms with van der Waals surface area (Å²) in [6.45, 7) is 20.1. The Morgan fingerprint density at radius 2 is 0.867 bits per heavy atom. The van der Waals surface area contributed by atoms with Gasteiger partial charge in [0.15, 0.2) is 0 Å². The van der Waals surface area contributed by atoms with E-state index in [4.69, 9.17) is 11.6 Å². The second-order valence-corrected chi connectivity index (χ2v) is 27.8. The summed E-state index contributed by atoms with van der Waals surface area (Å²) < 4.78 is 132. The number of benzene rings is 12. The van der Waals surface area contributed by atoms with Crippen LogP contribution in [0.2, 0.25) is 0 Å². The predicted molar refractivity (Wildman–Crippen MR) is 375 cm³/mol. The summed E-state index contributed by atoms with van der Waals surface area (Å²) in [5.74, 6) is -0.0761. The minimum atomic E-state index is -1.28. The van der Waals surface area contributed by atoms with Gasteiger partial charge in [-0.1, -0.05) is 244 Å². The zero-order valence-corrected chi connectivity index (χ0v) is 51.8. The third-order valence-electron chi connectivity index (χ3n) is 19.6. The summed E-state index contributed by atoms with van der Waals surface area (Å²) in [4.78, 5) is 0. The maximum atomic E-state index is 9.76. The lowest BCUT2D eigenvalue weighted by Crippen LogP contribution is -2.41. The van der Waals surface area contributed by atoms with Gasteiger partial charge in [0.1, 0.15) is 11.5 Å². The van der Waals surface area contributed by atoms with Gasteiger partial charge in [-0.2, -0.15) is 0 Å². The molecule has 0 amide bonds. The summed E-state index contributed by atoms with van der Waals surface area (Å²) in [7, 11) is 0. The molecule has 2 unspecified atom stereocenters. The van der Waals surface area contributed by atoms with Crippen LogP contribution in [-0.2, 0) is 21.7 Å². The SMILES string of the molecule is [2H]c1c([2H])c([2H])c(-c2ccc3c(c2)C2(c4ccccc4Oc4ccccc42)c2cc(-n4c5ccc(C(C)(C)C)cc5c5cc(C(C)(C)C)ccc54)cc4c2C3c2ccc(-n3c5c([2H])c([2H])c([2H])c([2H])c5c5c([2H])c([2H])c([2H])c([2H])c53)cc2C4c2ccc(C(C)(C)C)cc2-c2ccccc2)c([2H])c1[2H]. The van der Waals surface area contributed by atoms with Crippen molar-refractivity contribution in [1.29, 1.82) is 0 Å². The number of nitrogens with zero attached hydrogens (tertiary/aromatic N) is 2. The first-order chi connectivity index (χ1) is 48.9. The highest BCUT2D eigenvalue weighted by Crippen LogP contribution is 2.66. The molecule has 3 aliphatic rings. The Hall–Kier alpha value is -9.96. The van der Waals surface area contributed by atoms with E-state index in [0.717, 1.165) is 99.8 Å². The van der Waals surface area contributed by atoms with E-state index >= 15 is 0 Å². The van der Waals surface area contributed by atoms with Gasteiger partial charge in [-0.05, 0) is 179 Å². The molecule has 3 heteroatoms. The third kappa shape index (κ3) is 7.97. The van der Waals surface area contributed by atoms with Crippen molar-refractivity contribution in [3.8, 4) is 45.1 Å². The minimum Gasteiger partial charge on any atom is -0.457 e. The molecule has 0 fully saturated rings. The van der Waals surface area contributed by atoms with Crippen molar-refractivity contribution in [2.45, 2.75) is 95.8 Å². The van der Waals surface area contributed by atoms with Gasteiger partial charge < -0.3 is 13.9 Å². The Balaban J connectivity index is 1.11. The first kappa shape index (κ1) is 42.1. The van der Waals surface area contributed by atoms with Crippen molar-refractivity contribution < 1.29 is 22.6 Å². The van der Waals surface area contributed by atoms with Gasteiger partial charge in [-0.25, -0.2) is 0 Å². The van der Waals surface area contributed by atoms with E-state index in [2.05, 4.69) is 188 Å². The molecule has 3 heterocycles. The van der Waals surface area contributed by atoms with E-state index in [0.29, 0.717) is 22.7 Å². The van der Waals surface area contributed by atoms with Crippen LogP contribution in [0.25, 0.3) is 77.2 Å². The first-order valence-corrected chi connectivity index (χ1v) is 31.1. The van der Waals surface area contributed by atoms with Gasteiger partial charge >= 0.3 is 0 Å². The quantitative estimate of drug-likeness (QED) is 0.168. The van der Waals surface area contributed by atoms with Crippen LogP contribution in [0.15, 0.2) is 261 Å². The van der Waals surface area contributed by atoms with Crippen LogP contribution >= 0.6 is 0 Å². The number of hydrogen-bond acceptors (Lipinski definition) is 1. The lowest BCUT2D eigenvalue weighted by atomic mass is 9.52. The molecule has 0 radical (unpaired) electrons. The van der Waals surface area contributed by atoms with Crippen molar-refractivity contribution in [3.63, 3.8) is 0 Å². The van der Waals surface area contributed by atoms with E-state index < -0.39 is 83.7 Å². The highest BCUT2D eigenvalue weighted by Gasteiger charge is 2.54. The summed E-state index contributed by atoms with van der Waals surface area (Å²) in [5, 5.41) is 2.11. The van der Waals surface area contributed by atoms with Gasteiger partial charge in [0.05, 0.1) is 45.3 Å². The Labute approximate surface area is 546 Å². The van der Waals surface area contributed by atoms with Crippen LogP contribution in [0, 0.1) is 0 Å². The van der Waals surface area contributed by atoms with Gasteiger partial charge in [0.25, 0.3) is 0 Å². The topological polar surface area (TPSA) is 19.1 Å². The highest BCUT2D eigenvalue weighted by atomic mass is 16.5. The molecule has 1 spiro atoms. The molecular formula is C87H72N2O. The molecule has 3 nitrogen and oxygen atoms in total. The number of fused-ring (bicyclic) bond motifs is 16. The second-order valence-electron chi connectivity index (χ2n) is 27.8. The van der Waals surface area contributed by atoms with Crippen molar-refractivity contribution in [3.05, 3.63) is 333 Å². The molecule has 14 aromatic rings. The molecule has 2 atom stereocenters. The fourth-order valence-electron chi connectivity index (χ4n) is 15.3. The molecule has 1 aliphatic heterocycles. The monoisotopic (exact) mass is 1170 g/mol. The lowest BCUT2D eigenvalue weighted by molar-refractivity contribution is 0.430. The van der Waals surface area contributed by atoms with Crippen LogP contribution < -0.4 is 4.74 Å². The fourth-order valence-corrected chi connectivity index (χ4v) is 15.3. The van der Waals surface area contributed by atoms with Crippen LogP contribution in [-0.4, -0.2) is 9.13 Å². The van der Waals surface area contributed by atoms with Crippen molar-refractivity contribution in [2.24, 2.45) is 0 Å². The smallest absolute Gasteiger partial charge is 0.132 e. The van der Waals surface area contributed by atoms with E-state index in [1.807, 2.05) is 60.7 Å². The number of rotatable bonds is 5. The average molecular weight is 1170 g/mol. The van der Waals surface area contributed by atoms with Gasteiger partial charge in [-0.3, -0.25) is 0 Å². The van der Waals surface area contributed by atoms with Gasteiger partial charge in [-0.15, -0.1) is 0 Å². The molecular weight excluding hydrogens is 1090 g/mol. The Kier molecular flexibility index (Phi) is 9.12. The molecule has 436 valence electrons. The molecule has 17 rings (SSSR count). The molecule has 90 heavy (non-hydrogen) atoms. The summed E-state index contributed by atoms with van der Waals surface area (Å²) in [5.41, 5.74) is 15.9. The summed E-state index contributed by atoms with van der Waals surface area (Å²) in [6, 6.07) is 58.1. The van der Waals surface area contributed by atoms with E-state index in [9.17, 15) is 11.0 Å². The van der Waals surface area contributed by atoms with Crippen molar-refractivity contribution >= 4 is 43.6 Å². The molecule has 2 aromatic heterocycles. The first-order valence-electron chi connectivity index (χ1n) is 37.6. The van der Waals surface area contributed by atoms with Crippen LogP contribution in [0.4, 0.5) is 0 Å². The van der Waals surface area contributed by atoms with Crippen molar-refractivity contribution in [1.82, 2.24) is 9.13 Å². The maximum absolute atomic E-state index is 9.76. The Bertz CT molecular complexity index is 5880. The van der Waals surface area contributed by atoms with Crippen molar-refractivity contribution in [2.75, 3.05) is 0 Å². The lowest BCUT2D eigenvalue weighted by Gasteiger charge is -2.50. The molecule has 12 aromatic carbocycles. The molecule has 2 aliphatic carbocycles. The summed E-state index contributed by atoms with van der Waals surface area (Å²) in [6.07, 6.45) is 0. The van der Waals surface area contributed by atoms with E-state index in [1.54, 1.807) is 4.57 Å². The Morgan fingerprint density at radius 3 is 1.49 bits per heavy atom. The number of hydrogen-bond donors (Lipinski definition) is 0. The molecule has 0 saturated carbocycles. The average Bonchev–Trinajstić information content (AvgIpc) is 1.28. The number of ether oxygens (including phenoxy) is 1. The zero-order valence-electron chi connectivity index (χ0n) is 64.8. The molecule has 0 saturated heterocycles. The highest BCUT2D eigenvalue weighted by molar-refractivity contribution is 6.11.